The van der Waals surface area contributed by atoms with E-state index in [2.05, 4.69) is 9.97 Å². The van der Waals surface area contributed by atoms with E-state index in [4.69, 9.17) is 9.47 Å². The summed E-state index contributed by atoms with van der Waals surface area (Å²) in [5, 5.41) is 0. The van der Waals surface area contributed by atoms with E-state index in [1.807, 2.05) is 37.1 Å². The maximum atomic E-state index is 12.3. The van der Waals surface area contributed by atoms with Crippen LogP contribution < -0.4 is 4.74 Å². The fraction of sp³-hybridized carbons (Fsp3) is 0.550. The van der Waals surface area contributed by atoms with E-state index in [-0.39, 0.29) is 6.09 Å². The second-order valence-corrected chi connectivity index (χ2v) is 8.02. The topological polar surface area (TPSA) is 69.5 Å². The van der Waals surface area contributed by atoms with Crippen molar-refractivity contribution in [3.63, 3.8) is 0 Å². The number of likely N-dealkylation sites (tertiary alicyclic amines) is 1. The van der Waals surface area contributed by atoms with Gasteiger partial charge in [0.25, 0.3) is 0 Å². The molecule has 2 fully saturated rings. The largest absolute Gasteiger partial charge is 0.478 e. The quantitative estimate of drug-likeness (QED) is 0.815. The van der Waals surface area contributed by atoms with Gasteiger partial charge in [0.1, 0.15) is 17.1 Å². The van der Waals surface area contributed by atoms with Crippen molar-refractivity contribution in [3.05, 3.63) is 29.8 Å². The lowest BCUT2D eigenvalue weighted by Crippen LogP contribution is -2.50. The van der Waals surface area contributed by atoms with E-state index in [0.717, 1.165) is 28.4 Å². The van der Waals surface area contributed by atoms with Gasteiger partial charge in [0, 0.05) is 39.2 Å². The van der Waals surface area contributed by atoms with Gasteiger partial charge in [-0.3, -0.25) is 4.98 Å². The van der Waals surface area contributed by atoms with Crippen LogP contribution in [0.4, 0.5) is 4.79 Å². The lowest BCUT2D eigenvalue weighted by atomic mass is 9.84. The van der Waals surface area contributed by atoms with Crippen LogP contribution in [0.15, 0.2) is 18.6 Å². The average Bonchev–Trinajstić information content (AvgIpc) is 3.41. The van der Waals surface area contributed by atoms with Crippen molar-refractivity contribution >= 4 is 6.09 Å². The van der Waals surface area contributed by atoms with Crippen molar-refractivity contribution in [3.8, 4) is 17.1 Å². The number of aryl methyl sites for hydroxylation is 2. The van der Waals surface area contributed by atoms with Gasteiger partial charge in [0.15, 0.2) is 5.60 Å². The zero-order chi connectivity index (χ0) is 18.6. The van der Waals surface area contributed by atoms with Crippen LogP contribution in [0.5, 0.6) is 5.75 Å². The Morgan fingerprint density at radius 2 is 2.07 bits per heavy atom. The molecule has 3 aliphatic rings. The Bertz CT molecular complexity index is 895. The van der Waals surface area contributed by atoms with Gasteiger partial charge in [-0.15, -0.1) is 0 Å². The molecule has 0 bridgehead atoms. The number of imidazole rings is 1. The van der Waals surface area contributed by atoms with Crippen molar-refractivity contribution in [2.45, 2.75) is 38.2 Å². The average molecular weight is 368 g/mol. The Kier molecular flexibility index (Phi) is 3.67. The predicted molar refractivity (Wildman–Crippen MR) is 98.4 cm³/mol. The molecule has 0 unspecified atom stereocenters. The number of pyridine rings is 1. The first-order chi connectivity index (χ1) is 13.1. The van der Waals surface area contributed by atoms with Gasteiger partial charge in [-0.2, -0.15) is 0 Å². The molecular formula is C20H24N4O3. The maximum absolute atomic E-state index is 12.3. The van der Waals surface area contributed by atoms with Crippen LogP contribution >= 0.6 is 0 Å². The van der Waals surface area contributed by atoms with Gasteiger partial charge < -0.3 is 18.9 Å². The highest BCUT2D eigenvalue weighted by atomic mass is 16.6. The summed E-state index contributed by atoms with van der Waals surface area (Å²) in [5.41, 5.74) is 3.33. The minimum Gasteiger partial charge on any atom is -0.478 e. The molecule has 1 aliphatic carbocycles. The zero-order valence-electron chi connectivity index (χ0n) is 15.8. The second-order valence-electron chi connectivity index (χ2n) is 8.02. The number of carbonyl (C=O) groups excluding carboxylic acids is 1. The lowest BCUT2D eigenvalue weighted by molar-refractivity contribution is -0.0113. The monoisotopic (exact) mass is 368 g/mol. The van der Waals surface area contributed by atoms with Crippen LogP contribution in [0.2, 0.25) is 0 Å². The molecule has 7 heteroatoms. The van der Waals surface area contributed by atoms with Crippen molar-refractivity contribution in [1.29, 1.82) is 0 Å². The molecule has 2 aliphatic heterocycles. The van der Waals surface area contributed by atoms with Crippen molar-refractivity contribution in [1.82, 2.24) is 19.4 Å². The third kappa shape index (κ3) is 2.76. The van der Waals surface area contributed by atoms with Crippen molar-refractivity contribution in [2.24, 2.45) is 13.0 Å². The van der Waals surface area contributed by atoms with Crippen molar-refractivity contribution < 1.29 is 14.3 Å². The first-order valence-electron chi connectivity index (χ1n) is 9.65. The summed E-state index contributed by atoms with van der Waals surface area (Å²) in [6.45, 7) is 3.79. The molecule has 27 heavy (non-hydrogen) atoms. The number of rotatable bonds is 2. The smallest absolute Gasteiger partial charge is 0.409 e. The molecule has 0 radical (unpaired) electrons. The summed E-state index contributed by atoms with van der Waals surface area (Å²) in [4.78, 5) is 23.3. The molecule has 1 saturated carbocycles. The fourth-order valence-corrected chi connectivity index (χ4v) is 4.15. The van der Waals surface area contributed by atoms with Gasteiger partial charge in [0.05, 0.1) is 18.6 Å². The normalized spacial score (nSPS) is 20.0. The third-order valence-corrected chi connectivity index (χ3v) is 5.86. The molecule has 0 N–H and O–H groups in total. The number of hydrogen-bond acceptors (Lipinski definition) is 5. The Morgan fingerprint density at radius 3 is 2.81 bits per heavy atom. The number of amides is 1. The van der Waals surface area contributed by atoms with E-state index >= 15 is 0 Å². The summed E-state index contributed by atoms with van der Waals surface area (Å²) in [7, 11) is 1.99. The molecule has 2 aromatic rings. The molecule has 0 aromatic carbocycles. The van der Waals surface area contributed by atoms with Crippen molar-refractivity contribution in [2.75, 3.05) is 19.7 Å². The van der Waals surface area contributed by atoms with Gasteiger partial charge >= 0.3 is 6.09 Å². The summed E-state index contributed by atoms with van der Waals surface area (Å²) < 4.78 is 14.0. The molecule has 2 aromatic heterocycles. The summed E-state index contributed by atoms with van der Waals surface area (Å²) in [6.07, 6.45) is 7.26. The minimum atomic E-state index is -0.476. The molecule has 7 nitrogen and oxygen atoms in total. The predicted octanol–water partition coefficient (Wildman–Crippen LogP) is 3.02. The van der Waals surface area contributed by atoms with Crippen LogP contribution in [0.25, 0.3) is 11.4 Å². The molecule has 4 heterocycles. The maximum Gasteiger partial charge on any atom is 0.409 e. The van der Waals surface area contributed by atoms with E-state index in [1.54, 1.807) is 4.90 Å². The van der Waals surface area contributed by atoms with E-state index in [1.165, 1.54) is 12.8 Å². The van der Waals surface area contributed by atoms with E-state index in [0.29, 0.717) is 38.5 Å². The molecule has 1 amide bonds. The number of fused-ring (bicyclic) bond motifs is 4. The Hall–Kier alpha value is -2.57. The number of ether oxygens (including phenoxy) is 2. The van der Waals surface area contributed by atoms with Gasteiger partial charge in [0.2, 0.25) is 0 Å². The van der Waals surface area contributed by atoms with Gasteiger partial charge in [-0.05, 0) is 37.3 Å². The van der Waals surface area contributed by atoms with Crippen LogP contribution in [-0.2, 0) is 17.4 Å². The molecule has 142 valence electrons. The number of aromatic nitrogens is 3. The Balaban J connectivity index is 1.40. The highest BCUT2D eigenvalue weighted by Gasteiger charge is 2.47. The SMILES string of the molecule is Cc1cnc2c(c1)OC1(CCN(C(=O)OCC3CC3)CC1)c1c-2ncn1C. The number of hydrogen-bond donors (Lipinski definition) is 0. The highest BCUT2D eigenvalue weighted by molar-refractivity contribution is 5.70. The van der Waals surface area contributed by atoms with Gasteiger partial charge in [-0.25, -0.2) is 9.78 Å². The third-order valence-electron chi connectivity index (χ3n) is 5.86. The molecule has 0 atom stereocenters. The number of carbonyl (C=O) groups is 1. The molecule has 1 spiro atoms. The van der Waals surface area contributed by atoms with Crippen LogP contribution in [0, 0.1) is 12.8 Å². The standard InChI is InChI=1S/C20H24N4O3/c1-13-9-15-16(21-10-13)17-18(23(2)12-22-17)20(27-15)5-7-24(8-6-20)19(25)26-11-14-3-4-14/h9-10,12,14H,3-8,11H2,1-2H3. The van der Waals surface area contributed by atoms with Crippen LogP contribution in [0.1, 0.15) is 36.9 Å². The van der Waals surface area contributed by atoms with Crippen LogP contribution in [-0.4, -0.2) is 45.2 Å². The number of nitrogens with zero attached hydrogens (tertiary/aromatic N) is 4. The zero-order valence-corrected chi connectivity index (χ0v) is 15.8. The summed E-state index contributed by atoms with van der Waals surface area (Å²) in [5.74, 6) is 1.36. The molecule has 5 rings (SSSR count). The Morgan fingerprint density at radius 1 is 1.30 bits per heavy atom. The van der Waals surface area contributed by atoms with Gasteiger partial charge in [-0.1, -0.05) is 0 Å². The van der Waals surface area contributed by atoms with Crippen LogP contribution in [0.3, 0.4) is 0 Å². The first kappa shape index (κ1) is 16.6. The Labute approximate surface area is 158 Å². The highest BCUT2D eigenvalue weighted by Crippen LogP contribution is 2.48. The summed E-state index contributed by atoms with van der Waals surface area (Å²) >= 11 is 0. The molecule has 1 saturated heterocycles. The van der Waals surface area contributed by atoms with E-state index in [9.17, 15) is 4.79 Å². The number of piperidine rings is 1. The second kappa shape index (κ2) is 5.97. The lowest BCUT2D eigenvalue weighted by Gasteiger charge is -2.43. The summed E-state index contributed by atoms with van der Waals surface area (Å²) in [6, 6.07) is 2.03. The first-order valence-corrected chi connectivity index (χ1v) is 9.65. The van der Waals surface area contributed by atoms with E-state index < -0.39 is 5.60 Å². The minimum absolute atomic E-state index is 0.198. The fourth-order valence-electron chi connectivity index (χ4n) is 4.15. The molecular weight excluding hydrogens is 344 g/mol.